The van der Waals surface area contributed by atoms with E-state index < -0.39 is 6.04 Å². The van der Waals surface area contributed by atoms with Gasteiger partial charge in [-0.15, -0.1) is 0 Å². The van der Waals surface area contributed by atoms with Gasteiger partial charge >= 0.3 is 0 Å². The van der Waals surface area contributed by atoms with Crippen LogP contribution in [0.15, 0.2) is 66.7 Å². The summed E-state index contributed by atoms with van der Waals surface area (Å²) in [7, 11) is 0. The summed E-state index contributed by atoms with van der Waals surface area (Å²) < 4.78 is 24.6. The van der Waals surface area contributed by atoms with Crippen LogP contribution in [0, 0.1) is 12.7 Å². The highest BCUT2D eigenvalue weighted by atomic mass is 19.1. The molecule has 1 amide bonds. The number of carbonyl (C=O) groups is 1. The van der Waals surface area contributed by atoms with Crippen LogP contribution in [0.2, 0.25) is 0 Å². The molecule has 0 spiro atoms. The highest BCUT2D eigenvalue weighted by Gasteiger charge is 2.42. The number of fused-ring (bicyclic) bond motifs is 2. The summed E-state index contributed by atoms with van der Waals surface area (Å²) in [6.45, 7) is 2.57. The molecule has 164 valence electrons. The van der Waals surface area contributed by atoms with Crippen LogP contribution in [0.4, 0.5) is 4.39 Å². The van der Waals surface area contributed by atoms with E-state index in [1.807, 2.05) is 49.4 Å². The maximum absolute atomic E-state index is 13.7. The molecular weight excluding hydrogens is 421 g/mol. The van der Waals surface area contributed by atoms with E-state index >= 15 is 0 Å². The van der Waals surface area contributed by atoms with Gasteiger partial charge in [-0.25, -0.2) is 4.39 Å². The maximum Gasteiger partial charge on any atom is 0.273 e. The first kappa shape index (κ1) is 19.5. The number of hydrogen-bond acceptors (Lipinski definition) is 4. The van der Waals surface area contributed by atoms with Crippen molar-refractivity contribution in [3.05, 3.63) is 100 Å². The lowest BCUT2D eigenvalue weighted by Crippen LogP contribution is -2.29. The number of ether oxygens (including phenoxy) is 2. The Hall–Kier alpha value is -4.13. The van der Waals surface area contributed by atoms with E-state index in [9.17, 15) is 9.18 Å². The third-order valence-corrected chi connectivity index (χ3v) is 6.16. The van der Waals surface area contributed by atoms with E-state index in [-0.39, 0.29) is 18.5 Å². The first-order valence-corrected chi connectivity index (χ1v) is 10.7. The average Bonchev–Trinajstić information content (AvgIpc) is 3.52. The SMILES string of the molecule is Cc1ccc(-c2n[nH]c3c2C(c2ccc(F)cc2)N(Cc2ccc4c(c2)OCO4)C3=O)cc1. The molecule has 6 nitrogen and oxygen atoms in total. The number of aromatic nitrogens is 2. The lowest BCUT2D eigenvalue weighted by Gasteiger charge is -2.26. The van der Waals surface area contributed by atoms with E-state index in [0.717, 1.165) is 33.5 Å². The molecule has 4 aromatic rings. The summed E-state index contributed by atoms with van der Waals surface area (Å²) in [5.41, 5.74) is 5.77. The fraction of sp³-hybridized carbons (Fsp3) is 0.154. The number of nitrogens with zero attached hydrogens (tertiary/aromatic N) is 2. The predicted molar refractivity (Wildman–Crippen MR) is 119 cm³/mol. The molecule has 1 unspecified atom stereocenters. The number of H-pyrrole nitrogens is 1. The molecule has 0 bridgehead atoms. The number of benzene rings is 3. The zero-order valence-electron chi connectivity index (χ0n) is 17.8. The lowest BCUT2D eigenvalue weighted by molar-refractivity contribution is 0.0730. The minimum atomic E-state index is -0.409. The standard InChI is InChI=1S/C26H20FN3O3/c1-15-2-5-17(6-3-15)23-22-24(29-28-23)26(31)30(25(22)18-7-9-19(27)10-8-18)13-16-4-11-20-21(12-16)33-14-32-20/h2-12,25H,13-14H2,1H3,(H,28,29). The molecule has 0 saturated carbocycles. The van der Waals surface area contributed by atoms with Crippen molar-refractivity contribution in [2.75, 3.05) is 6.79 Å². The van der Waals surface area contributed by atoms with Gasteiger partial charge in [-0.1, -0.05) is 48.0 Å². The van der Waals surface area contributed by atoms with Gasteiger partial charge in [0.2, 0.25) is 6.79 Å². The fourth-order valence-corrected chi connectivity index (χ4v) is 4.52. The molecule has 7 heteroatoms. The lowest BCUT2D eigenvalue weighted by atomic mass is 9.95. The van der Waals surface area contributed by atoms with E-state index in [0.29, 0.717) is 23.7 Å². The number of nitrogens with one attached hydrogen (secondary N) is 1. The van der Waals surface area contributed by atoms with Crippen LogP contribution in [0.1, 0.15) is 38.8 Å². The minimum absolute atomic E-state index is 0.150. The highest BCUT2D eigenvalue weighted by Crippen LogP contribution is 2.44. The van der Waals surface area contributed by atoms with Gasteiger partial charge < -0.3 is 14.4 Å². The minimum Gasteiger partial charge on any atom is -0.454 e. The van der Waals surface area contributed by atoms with E-state index in [4.69, 9.17) is 9.47 Å². The molecular formula is C26H20FN3O3. The first-order chi connectivity index (χ1) is 16.1. The van der Waals surface area contributed by atoms with Gasteiger partial charge in [0.1, 0.15) is 11.5 Å². The van der Waals surface area contributed by atoms with Crippen molar-refractivity contribution < 1.29 is 18.7 Å². The first-order valence-electron chi connectivity index (χ1n) is 10.7. The molecule has 1 aromatic heterocycles. The summed E-state index contributed by atoms with van der Waals surface area (Å²) in [4.78, 5) is 15.3. The smallest absolute Gasteiger partial charge is 0.273 e. The Labute approximate surface area is 189 Å². The molecule has 0 saturated heterocycles. The second-order valence-electron chi connectivity index (χ2n) is 8.30. The number of amides is 1. The number of rotatable bonds is 4. The molecule has 0 aliphatic carbocycles. The Morgan fingerprint density at radius 3 is 2.58 bits per heavy atom. The van der Waals surface area contributed by atoms with Gasteiger partial charge in [0, 0.05) is 17.7 Å². The van der Waals surface area contributed by atoms with Crippen molar-refractivity contribution in [1.82, 2.24) is 15.1 Å². The van der Waals surface area contributed by atoms with Crippen LogP contribution in [0.5, 0.6) is 11.5 Å². The Morgan fingerprint density at radius 2 is 1.79 bits per heavy atom. The van der Waals surface area contributed by atoms with E-state index in [2.05, 4.69) is 10.2 Å². The summed E-state index contributed by atoms with van der Waals surface area (Å²) in [5.74, 6) is 0.884. The Morgan fingerprint density at radius 1 is 1.03 bits per heavy atom. The van der Waals surface area contributed by atoms with Crippen LogP contribution >= 0.6 is 0 Å². The summed E-state index contributed by atoms with van der Waals surface area (Å²) >= 11 is 0. The van der Waals surface area contributed by atoms with Crippen LogP contribution in [0.3, 0.4) is 0 Å². The molecule has 1 atom stereocenters. The second-order valence-corrected chi connectivity index (χ2v) is 8.30. The normalized spacial score (nSPS) is 16.4. The van der Waals surface area contributed by atoms with Crippen LogP contribution in [0.25, 0.3) is 11.3 Å². The highest BCUT2D eigenvalue weighted by molar-refractivity contribution is 6.00. The Bertz CT molecular complexity index is 1360. The zero-order chi connectivity index (χ0) is 22.5. The fourth-order valence-electron chi connectivity index (χ4n) is 4.52. The van der Waals surface area contributed by atoms with Crippen LogP contribution in [-0.2, 0) is 6.54 Å². The quantitative estimate of drug-likeness (QED) is 0.484. The monoisotopic (exact) mass is 441 g/mol. The Kier molecular flexibility index (Phi) is 4.43. The number of carbonyl (C=O) groups excluding carboxylic acids is 1. The van der Waals surface area contributed by atoms with Crippen molar-refractivity contribution in [1.29, 1.82) is 0 Å². The van der Waals surface area contributed by atoms with Crippen molar-refractivity contribution in [3.63, 3.8) is 0 Å². The number of halogens is 1. The molecule has 1 N–H and O–H groups in total. The zero-order valence-corrected chi connectivity index (χ0v) is 17.8. The summed E-state index contributed by atoms with van der Waals surface area (Å²) in [6, 6.07) is 19.6. The number of aromatic amines is 1. The maximum atomic E-state index is 13.7. The number of aryl methyl sites for hydroxylation is 1. The molecule has 33 heavy (non-hydrogen) atoms. The molecule has 3 aromatic carbocycles. The molecule has 2 aliphatic heterocycles. The topological polar surface area (TPSA) is 67.5 Å². The van der Waals surface area contributed by atoms with Crippen molar-refractivity contribution >= 4 is 5.91 Å². The molecule has 0 radical (unpaired) electrons. The van der Waals surface area contributed by atoms with Gasteiger partial charge in [0.05, 0.1) is 11.7 Å². The van der Waals surface area contributed by atoms with Crippen molar-refractivity contribution in [2.45, 2.75) is 19.5 Å². The molecule has 3 heterocycles. The average molecular weight is 441 g/mol. The molecule has 0 fully saturated rings. The van der Waals surface area contributed by atoms with Gasteiger partial charge in [-0.05, 0) is 42.3 Å². The second kappa shape index (κ2) is 7.48. The molecule has 6 rings (SSSR count). The third-order valence-electron chi connectivity index (χ3n) is 6.16. The predicted octanol–water partition coefficient (Wildman–Crippen LogP) is 5.00. The third kappa shape index (κ3) is 3.24. The molecule has 2 aliphatic rings. The van der Waals surface area contributed by atoms with Crippen LogP contribution < -0.4 is 9.47 Å². The van der Waals surface area contributed by atoms with Crippen LogP contribution in [-0.4, -0.2) is 27.8 Å². The van der Waals surface area contributed by atoms with Crippen molar-refractivity contribution in [2.24, 2.45) is 0 Å². The summed E-state index contributed by atoms with van der Waals surface area (Å²) in [5, 5.41) is 7.44. The summed E-state index contributed by atoms with van der Waals surface area (Å²) in [6.07, 6.45) is 0. The van der Waals surface area contributed by atoms with Gasteiger partial charge in [0.25, 0.3) is 5.91 Å². The van der Waals surface area contributed by atoms with E-state index in [1.54, 1.807) is 17.0 Å². The van der Waals surface area contributed by atoms with Gasteiger partial charge in [-0.3, -0.25) is 9.89 Å². The number of hydrogen-bond donors (Lipinski definition) is 1. The Balaban J connectivity index is 1.45. The van der Waals surface area contributed by atoms with E-state index in [1.165, 1.54) is 12.1 Å². The van der Waals surface area contributed by atoms with Gasteiger partial charge in [-0.2, -0.15) is 5.10 Å². The largest absolute Gasteiger partial charge is 0.454 e. The van der Waals surface area contributed by atoms with Gasteiger partial charge in [0.15, 0.2) is 11.5 Å². The van der Waals surface area contributed by atoms with Crippen molar-refractivity contribution in [3.8, 4) is 22.8 Å².